The van der Waals surface area contributed by atoms with Gasteiger partial charge < -0.3 is 9.47 Å². The molecule has 0 aliphatic heterocycles. The van der Waals surface area contributed by atoms with Crippen molar-refractivity contribution in [3.05, 3.63) is 90.6 Å². The Morgan fingerprint density at radius 1 is 0.720 bits per heavy atom. The molecular formula is C21H16N2O2. The lowest BCUT2D eigenvalue weighted by Crippen LogP contribution is -1.98. The molecule has 2 heterocycles. The van der Waals surface area contributed by atoms with Crippen LogP contribution in [0.5, 0.6) is 17.4 Å². The minimum Gasteiger partial charge on any atom is -0.473 e. The lowest BCUT2D eigenvalue weighted by atomic mass is 10.2. The highest BCUT2D eigenvalue weighted by Gasteiger charge is 2.03. The van der Waals surface area contributed by atoms with E-state index in [9.17, 15) is 0 Å². The number of fused-ring (bicyclic) bond motifs is 1. The number of hydrogen-bond donors (Lipinski definition) is 0. The maximum Gasteiger partial charge on any atom is 0.214 e. The Morgan fingerprint density at radius 2 is 1.60 bits per heavy atom. The molecule has 4 nitrogen and oxygen atoms in total. The lowest BCUT2D eigenvalue weighted by Gasteiger charge is -2.09. The summed E-state index contributed by atoms with van der Waals surface area (Å²) in [6, 6.07) is 25.1. The van der Waals surface area contributed by atoms with Crippen molar-refractivity contribution in [2.75, 3.05) is 0 Å². The fourth-order valence-corrected chi connectivity index (χ4v) is 2.50. The highest BCUT2D eigenvalue weighted by molar-refractivity contribution is 5.74. The Labute approximate surface area is 145 Å². The molecule has 2 aromatic heterocycles. The van der Waals surface area contributed by atoms with E-state index < -0.39 is 0 Å². The molecule has 0 atom stereocenters. The van der Waals surface area contributed by atoms with Crippen LogP contribution in [0.3, 0.4) is 0 Å². The Hall–Kier alpha value is -3.40. The summed E-state index contributed by atoms with van der Waals surface area (Å²) in [6.45, 7) is 0.421. The quantitative estimate of drug-likeness (QED) is 0.517. The summed E-state index contributed by atoms with van der Waals surface area (Å²) in [5.74, 6) is 2.17. The molecule has 0 aliphatic rings. The van der Waals surface area contributed by atoms with Gasteiger partial charge in [0.25, 0.3) is 0 Å². The minimum absolute atomic E-state index is 0.421. The van der Waals surface area contributed by atoms with E-state index in [1.807, 2.05) is 78.9 Å². The van der Waals surface area contributed by atoms with E-state index in [1.54, 1.807) is 6.20 Å². The zero-order valence-electron chi connectivity index (χ0n) is 13.5. The third kappa shape index (κ3) is 3.75. The van der Waals surface area contributed by atoms with Gasteiger partial charge in [-0.05, 0) is 48.0 Å². The van der Waals surface area contributed by atoms with Crippen LogP contribution in [0.1, 0.15) is 5.56 Å². The van der Waals surface area contributed by atoms with Gasteiger partial charge in [0, 0.05) is 12.3 Å². The fraction of sp³-hybridized carbons (Fsp3) is 0.0476. The average Bonchev–Trinajstić information content (AvgIpc) is 2.67. The summed E-state index contributed by atoms with van der Waals surface area (Å²) in [7, 11) is 0. The molecule has 0 N–H and O–H groups in total. The summed E-state index contributed by atoms with van der Waals surface area (Å²) in [5, 5.41) is 0. The van der Waals surface area contributed by atoms with Crippen LogP contribution in [-0.4, -0.2) is 9.97 Å². The molecule has 0 saturated carbocycles. The van der Waals surface area contributed by atoms with Crippen molar-refractivity contribution in [1.82, 2.24) is 9.97 Å². The number of pyridine rings is 2. The van der Waals surface area contributed by atoms with E-state index in [0.29, 0.717) is 12.5 Å². The number of benzene rings is 2. The first-order valence-electron chi connectivity index (χ1n) is 8.03. The van der Waals surface area contributed by atoms with Crippen molar-refractivity contribution < 1.29 is 9.47 Å². The molecule has 0 saturated heterocycles. The number of aromatic nitrogens is 2. The number of ether oxygens (including phenoxy) is 2. The summed E-state index contributed by atoms with van der Waals surface area (Å²) < 4.78 is 11.7. The molecule has 2 aromatic carbocycles. The van der Waals surface area contributed by atoms with Gasteiger partial charge in [-0.2, -0.15) is 0 Å². The molecule has 122 valence electrons. The van der Waals surface area contributed by atoms with Gasteiger partial charge >= 0.3 is 0 Å². The molecule has 0 bridgehead atoms. The second-order valence-corrected chi connectivity index (χ2v) is 5.54. The zero-order chi connectivity index (χ0) is 16.9. The largest absolute Gasteiger partial charge is 0.473 e. The van der Waals surface area contributed by atoms with Crippen LogP contribution in [0, 0.1) is 0 Å². The fourth-order valence-electron chi connectivity index (χ4n) is 2.50. The molecule has 25 heavy (non-hydrogen) atoms. The summed E-state index contributed by atoms with van der Waals surface area (Å²) in [6.07, 6.45) is 1.75. The molecule has 4 heteroatoms. The summed E-state index contributed by atoms with van der Waals surface area (Å²) in [4.78, 5) is 8.72. The van der Waals surface area contributed by atoms with Gasteiger partial charge in [-0.1, -0.05) is 30.3 Å². The lowest BCUT2D eigenvalue weighted by molar-refractivity contribution is 0.294. The van der Waals surface area contributed by atoms with Crippen molar-refractivity contribution in [3.8, 4) is 17.4 Å². The van der Waals surface area contributed by atoms with E-state index in [4.69, 9.17) is 9.47 Å². The Morgan fingerprint density at radius 3 is 2.52 bits per heavy atom. The molecule has 0 unspecified atom stereocenters. The Balaban J connectivity index is 1.46. The van der Waals surface area contributed by atoms with Gasteiger partial charge in [0.05, 0.1) is 11.0 Å². The maximum absolute atomic E-state index is 5.85. The second kappa shape index (κ2) is 7.01. The molecule has 0 fully saturated rings. The van der Waals surface area contributed by atoms with E-state index >= 15 is 0 Å². The summed E-state index contributed by atoms with van der Waals surface area (Å²) >= 11 is 0. The zero-order valence-corrected chi connectivity index (χ0v) is 13.5. The van der Waals surface area contributed by atoms with Crippen molar-refractivity contribution >= 4 is 11.0 Å². The second-order valence-electron chi connectivity index (χ2n) is 5.54. The van der Waals surface area contributed by atoms with Crippen LogP contribution >= 0.6 is 0 Å². The van der Waals surface area contributed by atoms with Crippen LogP contribution in [0.2, 0.25) is 0 Å². The smallest absolute Gasteiger partial charge is 0.214 e. The van der Waals surface area contributed by atoms with Crippen LogP contribution in [-0.2, 0) is 6.61 Å². The highest BCUT2D eigenvalue weighted by Crippen LogP contribution is 2.22. The Bertz CT molecular complexity index is 987. The topological polar surface area (TPSA) is 44.2 Å². The molecule has 0 radical (unpaired) electrons. The first-order chi connectivity index (χ1) is 12.4. The van der Waals surface area contributed by atoms with Gasteiger partial charge in [0.2, 0.25) is 5.88 Å². The van der Waals surface area contributed by atoms with Gasteiger partial charge in [-0.3, -0.25) is 4.98 Å². The van der Waals surface area contributed by atoms with Gasteiger partial charge in [0.1, 0.15) is 18.1 Å². The Kier molecular flexibility index (Phi) is 4.25. The normalized spacial score (nSPS) is 10.6. The van der Waals surface area contributed by atoms with E-state index in [0.717, 1.165) is 28.1 Å². The molecule has 4 rings (SSSR count). The monoisotopic (exact) mass is 328 g/mol. The predicted octanol–water partition coefficient (Wildman–Crippen LogP) is 5.00. The van der Waals surface area contributed by atoms with E-state index in [2.05, 4.69) is 9.97 Å². The number of hydrogen-bond acceptors (Lipinski definition) is 4. The average molecular weight is 328 g/mol. The minimum atomic E-state index is 0.421. The first kappa shape index (κ1) is 15.1. The molecule has 4 aromatic rings. The third-order valence-electron chi connectivity index (χ3n) is 3.69. The maximum atomic E-state index is 5.85. The van der Waals surface area contributed by atoms with Crippen molar-refractivity contribution in [2.45, 2.75) is 6.61 Å². The van der Waals surface area contributed by atoms with Crippen molar-refractivity contribution in [3.63, 3.8) is 0 Å². The number of rotatable bonds is 5. The summed E-state index contributed by atoms with van der Waals surface area (Å²) in [5.41, 5.74) is 2.69. The number of nitrogens with zero attached hydrogens (tertiary/aromatic N) is 2. The van der Waals surface area contributed by atoms with Gasteiger partial charge in [-0.15, -0.1) is 0 Å². The van der Waals surface area contributed by atoms with Gasteiger partial charge in [0.15, 0.2) is 0 Å². The van der Waals surface area contributed by atoms with Crippen LogP contribution in [0.15, 0.2) is 85.1 Å². The first-order valence-corrected chi connectivity index (χ1v) is 8.03. The SMILES string of the molecule is c1ccc(Oc2cccc(COc3ccc4ncccc4n3)c2)cc1. The highest BCUT2D eigenvalue weighted by atomic mass is 16.5. The predicted molar refractivity (Wildman–Crippen MR) is 96.8 cm³/mol. The molecule has 0 amide bonds. The van der Waals surface area contributed by atoms with Crippen molar-refractivity contribution in [2.24, 2.45) is 0 Å². The van der Waals surface area contributed by atoms with Crippen molar-refractivity contribution in [1.29, 1.82) is 0 Å². The molecular weight excluding hydrogens is 312 g/mol. The molecule has 0 aliphatic carbocycles. The van der Waals surface area contributed by atoms with Crippen LogP contribution < -0.4 is 9.47 Å². The van der Waals surface area contributed by atoms with E-state index in [-0.39, 0.29) is 0 Å². The van der Waals surface area contributed by atoms with Crippen LogP contribution in [0.25, 0.3) is 11.0 Å². The van der Waals surface area contributed by atoms with E-state index in [1.165, 1.54) is 0 Å². The molecule has 0 spiro atoms. The third-order valence-corrected chi connectivity index (χ3v) is 3.69. The van der Waals surface area contributed by atoms with Gasteiger partial charge in [-0.25, -0.2) is 4.98 Å². The van der Waals surface area contributed by atoms with Crippen LogP contribution in [0.4, 0.5) is 0 Å². The number of para-hydroxylation sites is 1. The standard InChI is InChI=1S/C21H16N2O2/c1-2-7-17(8-3-1)25-18-9-4-6-16(14-18)15-24-21-12-11-19-20(23-21)10-5-13-22-19/h1-14H,15H2.